The van der Waals surface area contributed by atoms with Gasteiger partial charge in [-0.25, -0.2) is 15.1 Å². The molecule has 0 spiro atoms. The Morgan fingerprint density at radius 2 is 1.69 bits per heavy atom. The molecule has 0 unspecified atom stereocenters. The van der Waals surface area contributed by atoms with Gasteiger partial charge in [0.2, 0.25) is 5.75 Å². The van der Waals surface area contributed by atoms with Crippen LogP contribution in [0.4, 0.5) is 0 Å². The molecule has 10 nitrogen and oxygen atoms in total. The molecule has 0 saturated carbocycles. The molecule has 2 aromatic carbocycles. The summed E-state index contributed by atoms with van der Waals surface area (Å²) in [7, 11) is 4.58. The lowest BCUT2D eigenvalue weighted by molar-refractivity contribution is -0.123. The summed E-state index contributed by atoms with van der Waals surface area (Å²) in [5.41, 5.74) is 6.17. The number of hydrogen-bond donors (Lipinski definition) is 1. The molecular formula is C26H27N5O5. The molecule has 4 rings (SSSR count). The van der Waals surface area contributed by atoms with Gasteiger partial charge in [-0.2, -0.15) is 10.2 Å². The molecule has 0 aliphatic heterocycles. The van der Waals surface area contributed by atoms with Crippen molar-refractivity contribution in [3.8, 4) is 28.7 Å². The molecule has 0 radical (unpaired) electrons. The van der Waals surface area contributed by atoms with Gasteiger partial charge in [0.1, 0.15) is 5.75 Å². The minimum absolute atomic E-state index is 0.235. The van der Waals surface area contributed by atoms with Gasteiger partial charge in [0, 0.05) is 17.3 Å². The maximum absolute atomic E-state index is 12.4. The maximum atomic E-state index is 12.4. The molecular weight excluding hydrogens is 462 g/mol. The van der Waals surface area contributed by atoms with E-state index in [-0.39, 0.29) is 6.61 Å². The Morgan fingerprint density at radius 3 is 2.33 bits per heavy atom. The molecule has 1 N–H and O–H groups in total. The molecule has 0 bridgehead atoms. The zero-order valence-corrected chi connectivity index (χ0v) is 20.7. The van der Waals surface area contributed by atoms with E-state index in [9.17, 15) is 4.79 Å². The molecule has 4 aromatic rings. The van der Waals surface area contributed by atoms with Crippen molar-refractivity contribution in [1.82, 2.24) is 20.2 Å². The molecule has 2 aromatic heterocycles. The van der Waals surface area contributed by atoms with E-state index < -0.39 is 5.91 Å². The zero-order valence-electron chi connectivity index (χ0n) is 20.7. The summed E-state index contributed by atoms with van der Waals surface area (Å²) in [6.07, 6.45) is 1.48. The lowest BCUT2D eigenvalue weighted by Gasteiger charge is -2.12. The molecule has 0 aliphatic carbocycles. The number of pyridine rings is 1. The van der Waals surface area contributed by atoms with Crippen molar-refractivity contribution in [1.29, 1.82) is 0 Å². The summed E-state index contributed by atoms with van der Waals surface area (Å²) in [5, 5.41) is 9.40. The number of rotatable bonds is 9. The number of para-hydroxylation sites is 1. The molecule has 36 heavy (non-hydrogen) atoms. The normalized spacial score (nSPS) is 11.0. The number of hydrazone groups is 1. The van der Waals surface area contributed by atoms with Gasteiger partial charge in [0.05, 0.1) is 44.3 Å². The Kier molecular flexibility index (Phi) is 7.33. The second-order valence-electron chi connectivity index (χ2n) is 7.83. The van der Waals surface area contributed by atoms with Crippen LogP contribution in [0.3, 0.4) is 0 Å². The van der Waals surface area contributed by atoms with E-state index in [4.69, 9.17) is 18.9 Å². The van der Waals surface area contributed by atoms with E-state index in [0.717, 1.165) is 22.5 Å². The Labute approximate surface area is 208 Å². The van der Waals surface area contributed by atoms with Crippen LogP contribution >= 0.6 is 0 Å². The molecule has 10 heteroatoms. The molecule has 0 atom stereocenters. The highest BCUT2D eigenvalue weighted by molar-refractivity contribution is 5.88. The van der Waals surface area contributed by atoms with E-state index in [2.05, 4.69) is 20.6 Å². The SMILES string of the molecule is COc1cc(/C=N/NC(=O)COc2cc(C)nc3c2c(C)nn3-c2ccccc2)cc(OC)c1OC. The third kappa shape index (κ3) is 5.07. The molecule has 0 aliphatic rings. The number of aromatic nitrogens is 3. The van der Waals surface area contributed by atoms with Gasteiger partial charge in [-0.05, 0) is 38.1 Å². The van der Waals surface area contributed by atoms with Crippen LogP contribution in [0.2, 0.25) is 0 Å². The predicted octanol–water partition coefficient (Wildman–Crippen LogP) is 3.59. The van der Waals surface area contributed by atoms with Crippen LogP contribution in [0.5, 0.6) is 23.0 Å². The van der Waals surface area contributed by atoms with Gasteiger partial charge >= 0.3 is 0 Å². The van der Waals surface area contributed by atoms with Crippen LogP contribution in [-0.2, 0) is 4.79 Å². The Bertz CT molecular complexity index is 1390. The van der Waals surface area contributed by atoms with Crippen molar-refractivity contribution in [3.05, 3.63) is 65.5 Å². The topological polar surface area (TPSA) is 109 Å². The van der Waals surface area contributed by atoms with Gasteiger partial charge in [-0.1, -0.05) is 18.2 Å². The number of nitrogens with one attached hydrogen (secondary N) is 1. The summed E-state index contributed by atoms with van der Waals surface area (Å²) in [4.78, 5) is 17.1. The van der Waals surface area contributed by atoms with Gasteiger partial charge < -0.3 is 18.9 Å². The molecule has 0 saturated heterocycles. The van der Waals surface area contributed by atoms with Crippen molar-refractivity contribution < 1.29 is 23.7 Å². The summed E-state index contributed by atoms with van der Waals surface area (Å²) >= 11 is 0. The number of ether oxygens (including phenoxy) is 4. The van der Waals surface area contributed by atoms with Crippen molar-refractivity contribution in [2.75, 3.05) is 27.9 Å². The monoisotopic (exact) mass is 489 g/mol. The van der Waals surface area contributed by atoms with Crippen LogP contribution < -0.4 is 24.4 Å². The van der Waals surface area contributed by atoms with Crippen molar-refractivity contribution >= 4 is 23.2 Å². The molecule has 186 valence electrons. The van der Waals surface area contributed by atoms with Crippen LogP contribution in [-0.4, -0.2) is 54.8 Å². The van der Waals surface area contributed by atoms with E-state index in [0.29, 0.717) is 34.2 Å². The third-order valence-corrected chi connectivity index (χ3v) is 5.35. The fraction of sp³-hybridized carbons (Fsp3) is 0.231. The number of methoxy groups -OCH3 is 3. The Morgan fingerprint density at radius 1 is 1.00 bits per heavy atom. The quantitative estimate of drug-likeness (QED) is 0.283. The van der Waals surface area contributed by atoms with E-state index in [1.165, 1.54) is 27.5 Å². The highest BCUT2D eigenvalue weighted by atomic mass is 16.5. The second kappa shape index (κ2) is 10.8. The number of carbonyl (C=O) groups excluding carboxylic acids is 1. The minimum atomic E-state index is -0.422. The predicted molar refractivity (Wildman–Crippen MR) is 136 cm³/mol. The Hall–Kier alpha value is -4.60. The first-order chi connectivity index (χ1) is 17.4. The summed E-state index contributed by atoms with van der Waals surface area (Å²) in [6.45, 7) is 3.51. The number of fused-ring (bicyclic) bond motifs is 1. The van der Waals surface area contributed by atoms with E-state index >= 15 is 0 Å². The number of carbonyl (C=O) groups is 1. The van der Waals surface area contributed by atoms with Gasteiger partial charge in [0.25, 0.3) is 5.91 Å². The maximum Gasteiger partial charge on any atom is 0.277 e. The second-order valence-corrected chi connectivity index (χ2v) is 7.83. The largest absolute Gasteiger partial charge is 0.493 e. The number of hydrogen-bond acceptors (Lipinski definition) is 8. The minimum Gasteiger partial charge on any atom is -0.493 e. The first-order valence-electron chi connectivity index (χ1n) is 11.1. The van der Waals surface area contributed by atoms with Crippen molar-refractivity contribution in [3.63, 3.8) is 0 Å². The van der Waals surface area contributed by atoms with E-state index in [1.54, 1.807) is 22.9 Å². The third-order valence-electron chi connectivity index (χ3n) is 5.35. The molecule has 2 heterocycles. The van der Waals surface area contributed by atoms with Crippen LogP contribution in [0.1, 0.15) is 17.0 Å². The highest BCUT2D eigenvalue weighted by Crippen LogP contribution is 2.37. The summed E-state index contributed by atoms with van der Waals surface area (Å²) in [6, 6.07) is 15.0. The van der Waals surface area contributed by atoms with E-state index in [1.807, 2.05) is 44.2 Å². The number of amides is 1. The lowest BCUT2D eigenvalue weighted by Crippen LogP contribution is -2.24. The van der Waals surface area contributed by atoms with Crippen LogP contribution in [0.15, 0.2) is 53.6 Å². The number of nitrogens with zero attached hydrogens (tertiary/aromatic N) is 4. The Balaban J connectivity index is 1.48. The fourth-order valence-corrected chi connectivity index (χ4v) is 3.76. The first kappa shape index (κ1) is 24.5. The van der Waals surface area contributed by atoms with Gasteiger partial charge in [-0.3, -0.25) is 4.79 Å². The van der Waals surface area contributed by atoms with Crippen LogP contribution in [0, 0.1) is 13.8 Å². The fourth-order valence-electron chi connectivity index (χ4n) is 3.76. The average Bonchev–Trinajstić information content (AvgIpc) is 3.23. The summed E-state index contributed by atoms with van der Waals surface area (Å²) in [5.74, 6) is 1.54. The standard InChI is InChI=1S/C26H27N5O5/c1-16-11-20(24-17(2)30-31(26(24)28-16)19-9-7-6-8-10-19)36-15-23(32)29-27-14-18-12-21(33-3)25(35-5)22(13-18)34-4/h6-14H,15H2,1-5H3,(H,29,32)/b27-14+. The number of aryl methyl sites for hydroxylation is 2. The lowest BCUT2D eigenvalue weighted by atomic mass is 10.2. The van der Waals surface area contributed by atoms with Crippen molar-refractivity contribution in [2.24, 2.45) is 5.10 Å². The zero-order chi connectivity index (χ0) is 25.7. The smallest absolute Gasteiger partial charge is 0.277 e. The number of benzene rings is 2. The molecule has 1 amide bonds. The van der Waals surface area contributed by atoms with Gasteiger partial charge in [0.15, 0.2) is 23.8 Å². The summed E-state index contributed by atoms with van der Waals surface area (Å²) < 4.78 is 23.6. The van der Waals surface area contributed by atoms with Crippen molar-refractivity contribution in [2.45, 2.75) is 13.8 Å². The van der Waals surface area contributed by atoms with Crippen LogP contribution in [0.25, 0.3) is 16.7 Å². The molecule has 0 fully saturated rings. The highest BCUT2D eigenvalue weighted by Gasteiger charge is 2.17. The van der Waals surface area contributed by atoms with Gasteiger partial charge in [-0.15, -0.1) is 0 Å². The average molecular weight is 490 g/mol. The first-order valence-corrected chi connectivity index (χ1v) is 11.1.